The number of aryl methyl sites for hydroxylation is 1. The number of fused-ring (bicyclic) bond motifs is 10. The summed E-state index contributed by atoms with van der Waals surface area (Å²) in [4.78, 5) is 7.93. The lowest BCUT2D eigenvalue weighted by atomic mass is 9.33. The molecular formula is C63H66BN3O. The molecule has 8 aromatic rings. The Morgan fingerprint density at radius 1 is 0.485 bits per heavy atom. The zero-order chi connectivity index (χ0) is 47.4. The molecule has 12 rings (SSSR count). The number of para-hydroxylation sites is 1. The predicted molar refractivity (Wildman–Crippen MR) is 291 cm³/mol. The molecule has 7 aromatic carbocycles. The van der Waals surface area contributed by atoms with E-state index in [1.807, 2.05) is 0 Å². The van der Waals surface area contributed by atoms with Crippen LogP contribution in [0.5, 0.6) is 0 Å². The van der Waals surface area contributed by atoms with Crippen molar-refractivity contribution in [2.24, 2.45) is 0 Å². The minimum atomic E-state index is -0.0755. The van der Waals surface area contributed by atoms with Gasteiger partial charge in [-0.15, -0.1) is 0 Å². The zero-order valence-electron chi connectivity index (χ0n) is 42.4. The minimum absolute atomic E-state index is 0.0117. The van der Waals surface area contributed by atoms with Crippen LogP contribution in [-0.2, 0) is 21.7 Å². The fraction of sp³-hybridized carbons (Fsp3) is 0.333. The Morgan fingerprint density at radius 2 is 1.07 bits per heavy atom. The molecule has 0 radical (unpaired) electrons. The molecule has 4 nitrogen and oxygen atoms in total. The first-order valence-electron chi connectivity index (χ1n) is 25.2. The molecule has 0 amide bonds. The van der Waals surface area contributed by atoms with Crippen molar-refractivity contribution in [1.29, 1.82) is 0 Å². The van der Waals surface area contributed by atoms with Crippen LogP contribution in [0.1, 0.15) is 130 Å². The van der Waals surface area contributed by atoms with E-state index in [2.05, 4.69) is 231 Å². The summed E-state index contributed by atoms with van der Waals surface area (Å²) in [5, 5.41) is 2.29. The van der Waals surface area contributed by atoms with Crippen molar-refractivity contribution in [2.45, 2.75) is 136 Å². The van der Waals surface area contributed by atoms with E-state index in [0.717, 1.165) is 34.0 Å². The maximum atomic E-state index is 6.60. The second-order valence-corrected chi connectivity index (χ2v) is 24.3. The summed E-state index contributed by atoms with van der Waals surface area (Å²) >= 11 is 0. The molecule has 4 heterocycles. The third-order valence-corrected chi connectivity index (χ3v) is 16.9. The van der Waals surface area contributed by atoms with Gasteiger partial charge in [0.15, 0.2) is 0 Å². The number of furan rings is 1. The van der Waals surface area contributed by atoms with Crippen molar-refractivity contribution in [1.82, 2.24) is 0 Å². The highest BCUT2D eigenvalue weighted by molar-refractivity contribution is 7.00. The highest BCUT2D eigenvalue weighted by Crippen LogP contribution is 2.61. The average molecular weight is 892 g/mol. The number of anilines is 8. The monoisotopic (exact) mass is 892 g/mol. The summed E-state index contributed by atoms with van der Waals surface area (Å²) in [5.41, 5.74) is 22.5. The van der Waals surface area contributed by atoms with Crippen molar-refractivity contribution in [3.63, 3.8) is 0 Å². The van der Waals surface area contributed by atoms with Crippen LogP contribution in [0.2, 0.25) is 0 Å². The Kier molecular flexibility index (Phi) is 9.14. The van der Waals surface area contributed by atoms with Gasteiger partial charge in [-0.3, -0.25) is 0 Å². The van der Waals surface area contributed by atoms with Crippen molar-refractivity contribution < 1.29 is 4.42 Å². The molecule has 2 unspecified atom stereocenters. The quantitative estimate of drug-likeness (QED) is 0.165. The van der Waals surface area contributed by atoms with E-state index in [0.29, 0.717) is 0 Å². The van der Waals surface area contributed by atoms with Gasteiger partial charge in [0.2, 0.25) is 0 Å². The number of nitrogens with zero attached hydrogens (tertiary/aromatic N) is 3. The molecule has 1 aromatic heterocycles. The molecule has 68 heavy (non-hydrogen) atoms. The first kappa shape index (κ1) is 43.1. The molecule has 3 aliphatic heterocycles. The van der Waals surface area contributed by atoms with Gasteiger partial charge in [-0.2, -0.15) is 0 Å². The van der Waals surface area contributed by atoms with Crippen molar-refractivity contribution >= 4 is 90.5 Å². The number of hydrogen-bond acceptors (Lipinski definition) is 4. The predicted octanol–water partition coefficient (Wildman–Crippen LogP) is 15.6. The summed E-state index contributed by atoms with van der Waals surface area (Å²) in [5.74, 6) is 0. The molecule has 0 spiro atoms. The van der Waals surface area contributed by atoms with Crippen molar-refractivity contribution in [3.8, 4) is 0 Å². The largest absolute Gasteiger partial charge is 0.456 e. The number of benzene rings is 7. The van der Waals surface area contributed by atoms with Gasteiger partial charge in [0.05, 0.1) is 5.54 Å². The first-order chi connectivity index (χ1) is 32.2. The van der Waals surface area contributed by atoms with Crippen LogP contribution in [0, 0.1) is 6.92 Å². The molecule has 5 heteroatoms. The molecule has 1 aliphatic carbocycles. The highest BCUT2D eigenvalue weighted by atomic mass is 16.3. The van der Waals surface area contributed by atoms with E-state index in [1.54, 1.807) is 0 Å². The third-order valence-electron chi connectivity index (χ3n) is 16.9. The SMILES string of the molecule is Cc1cc2c3c(c1)N(c1ccc4c(c1)oc1ccccc14)c1cc(C(C)(C)C)ccc1B3c1ccc(N3c4ccc(C(C)(C)C)cc4C4(C)CCCCC34C)cc1N2c1cccc(C(C)(C)C)c1. The Hall–Kier alpha value is -6.20. The van der Waals surface area contributed by atoms with Gasteiger partial charge in [0.25, 0.3) is 6.71 Å². The molecule has 0 N–H and O–H groups in total. The standard InChI is InChI=1S/C63H66BN3O/c1-39-32-54-58-55(33-39)66(44-24-26-47-46-20-13-14-21-56(46)68-57(47)38-44)52-36-42(61(8,9)10)22-27-49(52)64(58)50-28-25-45(37-53(50)65(54)43-19-17-18-40(34-43)59(2,3)4)67-51-29-23-41(60(5,6)7)35-48(51)62(11)30-15-16-31-63(62,67)12/h13-14,17-29,32-38H,15-16,30-31H2,1-12H3. The fourth-order valence-electron chi connectivity index (χ4n) is 12.8. The Balaban J connectivity index is 1.13. The fourth-order valence-corrected chi connectivity index (χ4v) is 12.8. The van der Waals surface area contributed by atoms with E-state index in [1.165, 1.54) is 103 Å². The van der Waals surface area contributed by atoms with Gasteiger partial charge < -0.3 is 19.1 Å². The van der Waals surface area contributed by atoms with Gasteiger partial charge in [0, 0.05) is 67.8 Å². The lowest BCUT2D eigenvalue weighted by Gasteiger charge is -2.50. The van der Waals surface area contributed by atoms with Gasteiger partial charge >= 0.3 is 0 Å². The average Bonchev–Trinajstić information content (AvgIpc) is 3.76. The summed E-state index contributed by atoms with van der Waals surface area (Å²) < 4.78 is 6.60. The number of rotatable bonds is 3. The van der Waals surface area contributed by atoms with Crippen LogP contribution < -0.4 is 31.1 Å². The third kappa shape index (κ3) is 6.19. The summed E-state index contributed by atoms with van der Waals surface area (Å²) in [7, 11) is 0. The van der Waals surface area contributed by atoms with Gasteiger partial charge in [-0.05, 0) is 154 Å². The topological polar surface area (TPSA) is 22.9 Å². The summed E-state index contributed by atoms with van der Waals surface area (Å²) in [6, 6.07) is 51.8. The maximum absolute atomic E-state index is 6.60. The first-order valence-corrected chi connectivity index (χ1v) is 25.2. The second kappa shape index (κ2) is 14.4. The van der Waals surface area contributed by atoms with Crippen molar-refractivity contribution in [2.75, 3.05) is 14.7 Å². The maximum Gasteiger partial charge on any atom is 0.252 e. The molecular weight excluding hydrogens is 826 g/mol. The second-order valence-electron chi connectivity index (χ2n) is 24.3. The van der Waals surface area contributed by atoms with Crippen LogP contribution in [0.15, 0.2) is 138 Å². The van der Waals surface area contributed by atoms with Crippen molar-refractivity contribution in [3.05, 3.63) is 161 Å². The smallest absolute Gasteiger partial charge is 0.252 e. The van der Waals surface area contributed by atoms with Gasteiger partial charge in [0.1, 0.15) is 11.2 Å². The summed E-state index contributed by atoms with van der Waals surface area (Å²) in [6.07, 6.45) is 4.86. The van der Waals surface area contributed by atoms with E-state index in [4.69, 9.17) is 4.42 Å². The van der Waals surface area contributed by atoms with Crippen LogP contribution >= 0.6 is 0 Å². The Morgan fingerprint density at radius 3 is 1.79 bits per heavy atom. The van der Waals surface area contributed by atoms with E-state index in [-0.39, 0.29) is 33.9 Å². The molecule has 2 atom stereocenters. The highest BCUT2D eigenvalue weighted by Gasteiger charge is 2.58. The van der Waals surface area contributed by atoms with Crippen LogP contribution in [0.4, 0.5) is 45.5 Å². The van der Waals surface area contributed by atoms with E-state index >= 15 is 0 Å². The van der Waals surface area contributed by atoms with Crippen LogP contribution in [-0.4, -0.2) is 12.3 Å². The van der Waals surface area contributed by atoms with Gasteiger partial charge in [-0.1, -0.05) is 143 Å². The normalized spacial score (nSPS) is 19.8. The lowest BCUT2D eigenvalue weighted by Crippen LogP contribution is -2.61. The van der Waals surface area contributed by atoms with E-state index in [9.17, 15) is 0 Å². The Bertz CT molecular complexity index is 3390. The number of hydrogen-bond donors (Lipinski definition) is 0. The van der Waals surface area contributed by atoms with Crippen LogP contribution in [0.3, 0.4) is 0 Å². The molecule has 4 aliphatic rings. The molecule has 342 valence electrons. The van der Waals surface area contributed by atoms with E-state index < -0.39 is 0 Å². The molecule has 0 bridgehead atoms. The molecule has 1 fully saturated rings. The molecule has 1 saturated carbocycles. The zero-order valence-corrected chi connectivity index (χ0v) is 42.4. The summed E-state index contributed by atoms with van der Waals surface area (Å²) in [6.45, 7) is 28.5. The van der Waals surface area contributed by atoms with Gasteiger partial charge in [-0.25, -0.2) is 0 Å². The lowest BCUT2D eigenvalue weighted by molar-refractivity contribution is 0.195. The Labute approximate surface area is 405 Å². The van der Waals surface area contributed by atoms with Crippen LogP contribution in [0.25, 0.3) is 21.9 Å². The minimum Gasteiger partial charge on any atom is -0.456 e. The molecule has 0 saturated heterocycles.